The molecule has 0 atom stereocenters. The van der Waals surface area contributed by atoms with Crippen molar-refractivity contribution < 1.29 is 4.74 Å². The third-order valence-corrected chi connectivity index (χ3v) is 5.48. The molecule has 1 aromatic rings. The molecule has 1 fully saturated rings. The first-order valence-corrected chi connectivity index (χ1v) is 11.1. The van der Waals surface area contributed by atoms with E-state index in [1.165, 1.54) is 18.7 Å². The van der Waals surface area contributed by atoms with Crippen LogP contribution in [0.2, 0.25) is 0 Å². The topological polar surface area (TPSA) is 52.1 Å². The number of likely N-dealkylation sites (N-methyl/N-ethyl adjacent to an activating group) is 1. The van der Waals surface area contributed by atoms with E-state index in [2.05, 4.69) is 71.3 Å². The van der Waals surface area contributed by atoms with Gasteiger partial charge in [0.25, 0.3) is 0 Å². The van der Waals surface area contributed by atoms with Crippen LogP contribution in [0, 0.1) is 12.8 Å². The van der Waals surface area contributed by atoms with Crippen LogP contribution in [0.1, 0.15) is 38.3 Å². The molecular formula is C23H41N5O. The minimum absolute atomic E-state index is 0.648. The molecule has 0 amide bonds. The summed E-state index contributed by atoms with van der Waals surface area (Å²) < 4.78 is 6.06. The molecule has 0 aromatic heterocycles. The van der Waals surface area contributed by atoms with Gasteiger partial charge < -0.3 is 20.3 Å². The Kier molecular flexibility index (Phi) is 10.3. The van der Waals surface area contributed by atoms with E-state index in [-0.39, 0.29) is 0 Å². The molecule has 1 saturated heterocycles. The van der Waals surface area contributed by atoms with Crippen LogP contribution < -0.4 is 15.4 Å². The van der Waals surface area contributed by atoms with E-state index in [0.29, 0.717) is 12.5 Å². The Balaban J connectivity index is 1.77. The highest BCUT2D eigenvalue weighted by atomic mass is 16.5. The smallest absolute Gasteiger partial charge is 0.191 e. The summed E-state index contributed by atoms with van der Waals surface area (Å²) in [4.78, 5) is 9.40. The van der Waals surface area contributed by atoms with Crippen molar-refractivity contribution >= 4 is 5.96 Å². The predicted octanol–water partition coefficient (Wildman–Crippen LogP) is 2.72. The number of ether oxygens (including phenoxy) is 1. The van der Waals surface area contributed by atoms with Crippen LogP contribution in [-0.4, -0.2) is 75.2 Å². The van der Waals surface area contributed by atoms with Crippen LogP contribution in [0.5, 0.6) is 5.75 Å². The number of benzene rings is 1. The van der Waals surface area contributed by atoms with Gasteiger partial charge in [-0.05, 0) is 37.4 Å². The lowest BCUT2D eigenvalue weighted by Crippen LogP contribution is -2.49. The highest BCUT2D eigenvalue weighted by Crippen LogP contribution is 2.21. The van der Waals surface area contributed by atoms with E-state index >= 15 is 0 Å². The summed E-state index contributed by atoms with van der Waals surface area (Å²) in [5.41, 5.74) is 2.39. The number of hydrogen-bond acceptors (Lipinski definition) is 4. The van der Waals surface area contributed by atoms with E-state index in [9.17, 15) is 0 Å². The van der Waals surface area contributed by atoms with Gasteiger partial charge in [-0.2, -0.15) is 0 Å². The first kappa shape index (κ1) is 23.5. The third kappa shape index (κ3) is 8.62. The highest BCUT2D eigenvalue weighted by molar-refractivity contribution is 5.79. The zero-order chi connectivity index (χ0) is 21.1. The van der Waals surface area contributed by atoms with Crippen molar-refractivity contribution in [2.24, 2.45) is 10.9 Å². The second kappa shape index (κ2) is 12.7. The lowest BCUT2D eigenvalue weighted by Gasteiger charge is -2.34. The Bertz CT molecular complexity index is 624. The lowest BCUT2D eigenvalue weighted by molar-refractivity contribution is 0.139. The summed E-state index contributed by atoms with van der Waals surface area (Å²) >= 11 is 0. The van der Waals surface area contributed by atoms with Crippen molar-refractivity contribution in [1.82, 2.24) is 20.4 Å². The van der Waals surface area contributed by atoms with Gasteiger partial charge in [0.15, 0.2) is 5.96 Å². The fourth-order valence-electron chi connectivity index (χ4n) is 3.41. The van der Waals surface area contributed by atoms with Gasteiger partial charge in [0.05, 0.1) is 6.61 Å². The molecule has 0 bridgehead atoms. The van der Waals surface area contributed by atoms with Crippen LogP contribution in [-0.2, 0) is 6.54 Å². The molecule has 0 spiro atoms. The van der Waals surface area contributed by atoms with E-state index in [1.807, 2.05) is 7.05 Å². The minimum Gasteiger partial charge on any atom is -0.493 e. The van der Waals surface area contributed by atoms with Crippen LogP contribution in [0.3, 0.4) is 0 Å². The Morgan fingerprint density at radius 3 is 2.52 bits per heavy atom. The number of rotatable bonds is 10. The average Bonchev–Trinajstić information content (AvgIpc) is 2.72. The fourth-order valence-corrected chi connectivity index (χ4v) is 3.41. The second-order valence-corrected chi connectivity index (χ2v) is 8.27. The molecule has 0 radical (unpaired) electrons. The van der Waals surface area contributed by atoms with E-state index in [0.717, 1.165) is 63.0 Å². The van der Waals surface area contributed by atoms with Crippen molar-refractivity contribution in [3.63, 3.8) is 0 Å². The molecule has 1 aliphatic heterocycles. The molecule has 0 saturated carbocycles. The molecule has 0 aliphatic carbocycles. The number of nitrogens with zero attached hydrogens (tertiary/aromatic N) is 3. The summed E-state index contributed by atoms with van der Waals surface area (Å²) in [6.07, 6.45) is 1.07. The maximum absolute atomic E-state index is 6.06. The summed E-state index contributed by atoms with van der Waals surface area (Å²) in [7, 11) is 1.82. The standard InChI is InChI=1S/C23H41N5O/c1-6-27-12-14-28(15-13-27)11-10-25-23(24-5)26-18-21-8-7-20(4)17-22(21)29-16-9-19(2)3/h7-8,17,19H,6,9-16,18H2,1-5H3,(H2,24,25,26). The van der Waals surface area contributed by atoms with Gasteiger partial charge in [0.2, 0.25) is 0 Å². The van der Waals surface area contributed by atoms with Crippen LogP contribution in [0.15, 0.2) is 23.2 Å². The minimum atomic E-state index is 0.648. The first-order valence-electron chi connectivity index (χ1n) is 11.1. The molecule has 6 heteroatoms. The third-order valence-electron chi connectivity index (χ3n) is 5.48. The Morgan fingerprint density at radius 2 is 1.86 bits per heavy atom. The largest absolute Gasteiger partial charge is 0.493 e. The van der Waals surface area contributed by atoms with Crippen LogP contribution in [0.25, 0.3) is 0 Å². The van der Waals surface area contributed by atoms with Crippen molar-refractivity contribution in [3.8, 4) is 5.75 Å². The van der Waals surface area contributed by atoms with Gasteiger partial charge in [-0.15, -0.1) is 0 Å². The number of nitrogens with one attached hydrogen (secondary N) is 2. The van der Waals surface area contributed by atoms with Gasteiger partial charge in [-0.25, -0.2) is 0 Å². The second-order valence-electron chi connectivity index (χ2n) is 8.27. The SMILES string of the molecule is CCN1CCN(CCNC(=NC)NCc2ccc(C)cc2OCCC(C)C)CC1. The van der Waals surface area contributed by atoms with Crippen molar-refractivity contribution in [2.45, 2.75) is 40.7 Å². The number of piperazine rings is 1. The number of aliphatic imine (C=N–C) groups is 1. The predicted molar refractivity (Wildman–Crippen MR) is 123 cm³/mol. The fraction of sp³-hybridized carbons (Fsp3) is 0.696. The Labute approximate surface area is 177 Å². The molecular weight excluding hydrogens is 362 g/mol. The molecule has 1 heterocycles. The molecule has 164 valence electrons. The number of hydrogen-bond donors (Lipinski definition) is 2. The summed E-state index contributed by atoms with van der Waals surface area (Å²) in [6.45, 7) is 18.0. The van der Waals surface area contributed by atoms with Crippen molar-refractivity contribution in [2.75, 3.05) is 59.5 Å². The molecule has 2 N–H and O–H groups in total. The quantitative estimate of drug-likeness (QED) is 0.465. The average molecular weight is 404 g/mol. The van der Waals surface area contributed by atoms with Gasteiger partial charge in [-0.1, -0.05) is 32.9 Å². The van der Waals surface area contributed by atoms with Crippen molar-refractivity contribution in [1.29, 1.82) is 0 Å². The van der Waals surface area contributed by atoms with E-state index in [4.69, 9.17) is 4.74 Å². The Morgan fingerprint density at radius 1 is 1.14 bits per heavy atom. The molecule has 0 unspecified atom stereocenters. The maximum atomic E-state index is 6.06. The number of guanidine groups is 1. The normalized spacial score (nSPS) is 16.3. The van der Waals surface area contributed by atoms with Crippen LogP contribution in [0.4, 0.5) is 0 Å². The molecule has 1 aromatic carbocycles. The van der Waals surface area contributed by atoms with Gasteiger partial charge in [0, 0.05) is 58.4 Å². The van der Waals surface area contributed by atoms with Gasteiger partial charge in [0.1, 0.15) is 5.75 Å². The van der Waals surface area contributed by atoms with Gasteiger partial charge >= 0.3 is 0 Å². The molecule has 29 heavy (non-hydrogen) atoms. The zero-order valence-electron chi connectivity index (χ0n) is 19.1. The Hall–Kier alpha value is -1.79. The maximum Gasteiger partial charge on any atom is 0.191 e. The van der Waals surface area contributed by atoms with Crippen molar-refractivity contribution in [3.05, 3.63) is 29.3 Å². The number of aryl methyl sites for hydroxylation is 1. The summed E-state index contributed by atoms with van der Waals surface area (Å²) in [6, 6.07) is 6.41. The monoisotopic (exact) mass is 403 g/mol. The molecule has 6 nitrogen and oxygen atoms in total. The summed E-state index contributed by atoms with van der Waals surface area (Å²) in [5, 5.41) is 6.87. The molecule has 2 rings (SSSR count). The molecule has 1 aliphatic rings. The van der Waals surface area contributed by atoms with E-state index in [1.54, 1.807) is 0 Å². The van der Waals surface area contributed by atoms with Gasteiger partial charge in [-0.3, -0.25) is 9.89 Å². The van der Waals surface area contributed by atoms with Crippen LogP contribution >= 0.6 is 0 Å². The highest BCUT2D eigenvalue weighted by Gasteiger charge is 2.14. The zero-order valence-corrected chi connectivity index (χ0v) is 19.1. The lowest BCUT2D eigenvalue weighted by atomic mass is 10.1. The van der Waals surface area contributed by atoms with E-state index < -0.39 is 0 Å². The summed E-state index contributed by atoms with van der Waals surface area (Å²) in [5.74, 6) is 2.46. The first-order chi connectivity index (χ1) is 14.0.